The molecule has 16 heteroatoms. The van der Waals surface area contributed by atoms with Crippen LogP contribution in [-0.4, -0.2) is 43.5 Å². The molecule has 0 bridgehead atoms. The molecule has 3 rings (SSSR count). The Labute approximate surface area is 164 Å². The van der Waals surface area contributed by atoms with Crippen molar-refractivity contribution in [3.63, 3.8) is 0 Å². The molecule has 0 radical (unpaired) electrons. The molecule has 0 unspecified atom stereocenters. The van der Waals surface area contributed by atoms with Crippen LogP contribution in [0.4, 0.5) is 35.1 Å². The molecule has 0 amide bonds. The van der Waals surface area contributed by atoms with Crippen LogP contribution in [-0.2, 0) is 19.3 Å². The van der Waals surface area contributed by atoms with Gasteiger partial charge in [0.1, 0.15) is 11.6 Å². The first kappa shape index (κ1) is 22.1. The normalized spacial score (nSPS) is 13.4. The van der Waals surface area contributed by atoms with Crippen LogP contribution in [0.25, 0.3) is 16.1 Å². The number of halogens is 8. The number of hydrogen-bond acceptors (Lipinski definition) is 6. The molecule has 0 fully saturated rings. The van der Waals surface area contributed by atoms with Crippen LogP contribution >= 0.6 is 11.3 Å². The second kappa shape index (κ2) is 7.26. The first-order valence-corrected chi connectivity index (χ1v) is 8.68. The van der Waals surface area contributed by atoms with E-state index in [1.165, 1.54) is 0 Å². The van der Waals surface area contributed by atoms with Gasteiger partial charge in [0.2, 0.25) is 4.96 Å². The highest BCUT2D eigenvalue weighted by atomic mass is 32.1. The molecule has 0 spiro atoms. The number of alkyl halides is 8. The van der Waals surface area contributed by atoms with E-state index in [-0.39, 0.29) is 21.2 Å². The molecule has 3 aromatic rings. The van der Waals surface area contributed by atoms with Crippen molar-refractivity contribution in [3.8, 4) is 11.1 Å². The summed E-state index contributed by atoms with van der Waals surface area (Å²) < 4.78 is 105. The zero-order chi connectivity index (χ0) is 22.5. The lowest BCUT2D eigenvalue weighted by molar-refractivity contribution is -0.287. The molecular weight excluding hydrogens is 452 g/mol. The summed E-state index contributed by atoms with van der Waals surface area (Å²) in [6.07, 6.45) is -9.94. The van der Waals surface area contributed by atoms with Gasteiger partial charge in [-0.2, -0.15) is 49.8 Å². The summed E-state index contributed by atoms with van der Waals surface area (Å²) in [4.78, 5) is 15.7. The van der Waals surface area contributed by atoms with Gasteiger partial charge in [-0.3, -0.25) is 9.48 Å². The first-order valence-electron chi connectivity index (χ1n) is 7.86. The van der Waals surface area contributed by atoms with E-state index in [1.807, 2.05) is 0 Å². The topological polar surface area (TPSA) is 77.1 Å². The van der Waals surface area contributed by atoms with E-state index in [4.69, 9.17) is 0 Å². The molecule has 1 N–H and O–H groups in total. The summed E-state index contributed by atoms with van der Waals surface area (Å²) in [6.45, 7) is -1.84. The van der Waals surface area contributed by atoms with E-state index in [2.05, 4.69) is 20.5 Å². The van der Waals surface area contributed by atoms with Gasteiger partial charge in [-0.15, -0.1) is 0 Å². The van der Waals surface area contributed by atoms with Gasteiger partial charge in [0.15, 0.2) is 5.69 Å². The zero-order valence-electron chi connectivity index (χ0n) is 14.6. The summed E-state index contributed by atoms with van der Waals surface area (Å²) in [5.41, 5.74) is -4.60. The van der Waals surface area contributed by atoms with Crippen molar-refractivity contribution >= 4 is 16.3 Å². The Kier molecular flexibility index (Phi) is 5.34. The van der Waals surface area contributed by atoms with Crippen molar-refractivity contribution in [2.24, 2.45) is 0 Å². The number of fused-ring (bicyclic) bond motifs is 1. The van der Waals surface area contributed by atoms with E-state index in [9.17, 15) is 39.9 Å². The highest BCUT2D eigenvalue weighted by Gasteiger charge is 2.57. The van der Waals surface area contributed by atoms with Crippen molar-refractivity contribution < 1.29 is 35.1 Å². The maximum Gasteiger partial charge on any atom is 0.455 e. The fourth-order valence-electron chi connectivity index (χ4n) is 2.44. The summed E-state index contributed by atoms with van der Waals surface area (Å²) >= 11 is 0.719. The van der Waals surface area contributed by atoms with Gasteiger partial charge >= 0.3 is 18.3 Å². The van der Waals surface area contributed by atoms with E-state index < -0.39 is 47.2 Å². The fraction of sp³-hybridized carbons (Fsp3) is 0.429. The highest BCUT2D eigenvalue weighted by molar-refractivity contribution is 7.16. The van der Waals surface area contributed by atoms with Crippen molar-refractivity contribution in [3.05, 3.63) is 33.4 Å². The van der Waals surface area contributed by atoms with Crippen LogP contribution < -0.4 is 10.9 Å². The molecule has 3 heterocycles. The third-order valence-electron chi connectivity index (χ3n) is 3.75. The van der Waals surface area contributed by atoms with Gasteiger partial charge in [0, 0.05) is 18.3 Å². The minimum absolute atomic E-state index is 0.102. The van der Waals surface area contributed by atoms with Crippen molar-refractivity contribution in [2.45, 2.75) is 31.4 Å². The molecule has 7 nitrogen and oxygen atoms in total. The lowest BCUT2D eigenvalue weighted by Crippen LogP contribution is -2.40. The number of nitrogens with one attached hydrogen (secondary N) is 1. The minimum Gasteiger partial charge on any atom is -0.313 e. The van der Waals surface area contributed by atoms with E-state index >= 15 is 0 Å². The van der Waals surface area contributed by atoms with Gasteiger partial charge in [0.25, 0.3) is 5.56 Å². The number of nitrogens with zero attached hydrogens (tertiary/aromatic N) is 5. The maximum atomic E-state index is 13.5. The predicted molar refractivity (Wildman–Crippen MR) is 87.1 cm³/mol. The van der Waals surface area contributed by atoms with E-state index in [0.29, 0.717) is 16.9 Å². The fourth-order valence-corrected chi connectivity index (χ4v) is 3.34. The third kappa shape index (κ3) is 4.00. The molecule has 0 aliphatic carbocycles. The average Bonchev–Trinajstić information content (AvgIpc) is 3.19. The SMILES string of the molecule is CNCc1nn2c(=O)c(-c3cnn(CC(F)(F)C(F)(F)F)c3)c(C(F)(F)F)nc2s1. The molecule has 3 aromatic heterocycles. The summed E-state index contributed by atoms with van der Waals surface area (Å²) in [7, 11) is 1.54. The van der Waals surface area contributed by atoms with Gasteiger partial charge in [-0.05, 0) is 7.05 Å². The Hall–Kier alpha value is -2.62. The van der Waals surface area contributed by atoms with Crippen LogP contribution in [0.1, 0.15) is 10.7 Å². The van der Waals surface area contributed by atoms with Crippen molar-refractivity contribution in [1.29, 1.82) is 0 Å². The van der Waals surface area contributed by atoms with Crippen molar-refractivity contribution in [2.75, 3.05) is 7.05 Å². The molecule has 30 heavy (non-hydrogen) atoms. The standard InChI is InChI=1S/C14H10F8N6OS/c1-23-3-7-26-28-10(29)8(9(13(17,18)19)25-11(28)30-7)6-2-24-27(4-6)5-12(15,16)14(20,21)22/h2,4,23H,3,5H2,1H3. The smallest absolute Gasteiger partial charge is 0.313 e. The molecule has 0 saturated carbocycles. The monoisotopic (exact) mass is 462 g/mol. The Morgan fingerprint density at radius 2 is 1.80 bits per heavy atom. The second-order valence-corrected chi connectivity index (χ2v) is 7.03. The molecule has 0 aliphatic rings. The summed E-state index contributed by atoms with van der Waals surface area (Å²) in [5.74, 6) is -5.18. The van der Waals surface area contributed by atoms with Crippen LogP contribution in [0.2, 0.25) is 0 Å². The van der Waals surface area contributed by atoms with Crippen LogP contribution in [0.3, 0.4) is 0 Å². The number of hydrogen-bond donors (Lipinski definition) is 1. The largest absolute Gasteiger partial charge is 0.455 e. The van der Waals surface area contributed by atoms with E-state index in [1.54, 1.807) is 7.05 Å². The Bertz CT molecular complexity index is 1130. The molecule has 0 atom stereocenters. The quantitative estimate of drug-likeness (QED) is 0.591. The minimum atomic E-state index is -5.89. The Morgan fingerprint density at radius 3 is 2.37 bits per heavy atom. The van der Waals surface area contributed by atoms with Gasteiger partial charge in [-0.1, -0.05) is 11.3 Å². The van der Waals surface area contributed by atoms with Gasteiger partial charge in [0.05, 0.1) is 11.8 Å². The molecule has 164 valence electrons. The summed E-state index contributed by atoms with van der Waals surface area (Å²) in [6, 6.07) is 0. The van der Waals surface area contributed by atoms with Crippen LogP contribution in [0.15, 0.2) is 17.2 Å². The Morgan fingerprint density at radius 1 is 1.13 bits per heavy atom. The molecule has 0 aromatic carbocycles. The van der Waals surface area contributed by atoms with Gasteiger partial charge < -0.3 is 5.32 Å². The average molecular weight is 462 g/mol. The predicted octanol–water partition coefficient (Wildman–Crippen LogP) is 2.95. The summed E-state index contributed by atoms with van der Waals surface area (Å²) in [5, 5.41) is 10.0. The van der Waals surface area contributed by atoms with Gasteiger partial charge in [-0.25, -0.2) is 4.98 Å². The maximum absolute atomic E-state index is 13.5. The first-order chi connectivity index (χ1) is 13.7. The molecular formula is C14H10F8N6OS. The molecule has 0 saturated heterocycles. The highest BCUT2D eigenvalue weighted by Crippen LogP contribution is 2.38. The lowest BCUT2D eigenvalue weighted by atomic mass is 10.1. The zero-order valence-corrected chi connectivity index (χ0v) is 15.5. The second-order valence-electron chi connectivity index (χ2n) is 5.99. The lowest BCUT2D eigenvalue weighted by Gasteiger charge is -2.19. The molecule has 0 aliphatic heterocycles. The Balaban J connectivity index is 2.15. The van der Waals surface area contributed by atoms with Crippen LogP contribution in [0, 0.1) is 0 Å². The third-order valence-corrected chi connectivity index (χ3v) is 4.65. The van der Waals surface area contributed by atoms with Crippen molar-refractivity contribution in [1.82, 2.24) is 29.7 Å². The van der Waals surface area contributed by atoms with Crippen LogP contribution in [0.5, 0.6) is 0 Å². The van der Waals surface area contributed by atoms with E-state index in [0.717, 1.165) is 11.3 Å². The number of aromatic nitrogens is 5. The number of rotatable bonds is 5.